The number of nitrogens with two attached hydrogens (primary N) is 1. The van der Waals surface area contributed by atoms with Gasteiger partial charge in [0.05, 0.1) is 12.2 Å². The summed E-state index contributed by atoms with van der Waals surface area (Å²) < 4.78 is 37.0. The van der Waals surface area contributed by atoms with Gasteiger partial charge in [-0.05, 0) is 17.7 Å². The molecule has 0 radical (unpaired) electrons. The second-order valence-corrected chi connectivity index (χ2v) is 3.59. The minimum absolute atomic E-state index is 0.0445. The third kappa shape index (κ3) is 3.99. The number of hydrogen-bond acceptors (Lipinski definition) is 3. The lowest BCUT2D eigenvalue weighted by Crippen LogP contribution is -2.30. The molecule has 0 aliphatic carbocycles. The molecule has 0 aliphatic rings. The first-order chi connectivity index (χ1) is 7.99. The summed E-state index contributed by atoms with van der Waals surface area (Å²) in [5.74, 6) is 0. The number of aliphatic hydroxyl groups is 1. The van der Waals surface area contributed by atoms with Crippen LogP contribution in [0.3, 0.4) is 0 Å². The summed E-state index contributed by atoms with van der Waals surface area (Å²) in [7, 11) is 0. The molecular formula is C11H15F3N2O. The molecule has 0 aromatic heterocycles. The van der Waals surface area contributed by atoms with E-state index in [-0.39, 0.29) is 19.2 Å². The monoisotopic (exact) mass is 248 g/mol. The summed E-state index contributed by atoms with van der Waals surface area (Å²) in [6.45, 7) is 0.561. The van der Waals surface area contributed by atoms with E-state index in [4.69, 9.17) is 10.8 Å². The Morgan fingerprint density at radius 3 is 2.24 bits per heavy atom. The van der Waals surface area contributed by atoms with Crippen LogP contribution in [-0.4, -0.2) is 24.8 Å². The number of rotatable bonds is 5. The van der Waals surface area contributed by atoms with Crippen molar-refractivity contribution in [1.29, 1.82) is 0 Å². The van der Waals surface area contributed by atoms with Crippen LogP contribution in [0.4, 0.5) is 13.2 Å². The van der Waals surface area contributed by atoms with Gasteiger partial charge in [0.15, 0.2) is 0 Å². The van der Waals surface area contributed by atoms with Crippen LogP contribution in [0.1, 0.15) is 17.2 Å². The lowest BCUT2D eigenvalue weighted by molar-refractivity contribution is -0.137. The maximum Gasteiger partial charge on any atom is 0.416 e. The SMILES string of the molecule is NCC(NCCO)c1ccc(C(F)(F)F)cc1. The van der Waals surface area contributed by atoms with E-state index in [1.54, 1.807) is 0 Å². The Morgan fingerprint density at radius 2 is 1.82 bits per heavy atom. The van der Waals surface area contributed by atoms with E-state index in [1.165, 1.54) is 12.1 Å². The molecule has 17 heavy (non-hydrogen) atoms. The number of benzene rings is 1. The number of halogens is 3. The lowest BCUT2D eigenvalue weighted by atomic mass is 10.0. The van der Waals surface area contributed by atoms with Gasteiger partial charge in [0.2, 0.25) is 0 Å². The maximum absolute atomic E-state index is 12.3. The molecule has 6 heteroatoms. The predicted octanol–water partition coefficient (Wildman–Crippen LogP) is 1.29. The van der Waals surface area contributed by atoms with Crippen molar-refractivity contribution in [2.75, 3.05) is 19.7 Å². The molecule has 0 heterocycles. The van der Waals surface area contributed by atoms with E-state index >= 15 is 0 Å². The largest absolute Gasteiger partial charge is 0.416 e. The van der Waals surface area contributed by atoms with Gasteiger partial charge in [-0.1, -0.05) is 12.1 Å². The molecule has 96 valence electrons. The first-order valence-electron chi connectivity index (χ1n) is 5.20. The topological polar surface area (TPSA) is 58.3 Å². The molecule has 3 nitrogen and oxygen atoms in total. The summed E-state index contributed by atoms with van der Waals surface area (Å²) in [5.41, 5.74) is 5.50. The van der Waals surface area contributed by atoms with E-state index in [1.807, 2.05) is 0 Å². The molecule has 0 spiro atoms. The van der Waals surface area contributed by atoms with E-state index in [0.29, 0.717) is 12.1 Å². The number of aliphatic hydroxyl groups excluding tert-OH is 1. The van der Waals surface area contributed by atoms with Crippen molar-refractivity contribution in [2.24, 2.45) is 5.73 Å². The standard InChI is InChI=1S/C11H15F3N2O/c12-11(13,14)9-3-1-8(2-4-9)10(7-15)16-5-6-17/h1-4,10,16-17H,5-7,15H2. The Balaban J connectivity index is 2.78. The third-order valence-corrected chi connectivity index (χ3v) is 2.38. The average molecular weight is 248 g/mol. The normalized spacial score (nSPS) is 13.7. The van der Waals surface area contributed by atoms with E-state index < -0.39 is 11.7 Å². The Kier molecular flexibility index (Phi) is 4.92. The maximum atomic E-state index is 12.3. The minimum atomic E-state index is -4.32. The van der Waals surface area contributed by atoms with Crippen molar-refractivity contribution in [1.82, 2.24) is 5.32 Å². The fourth-order valence-electron chi connectivity index (χ4n) is 1.48. The van der Waals surface area contributed by atoms with Crippen molar-refractivity contribution in [3.05, 3.63) is 35.4 Å². The molecule has 1 aromatic carbocycles. The van der Waals surface area contributed by atoms with E-state index in [2.05, 4.69) is 5.32 Å². The van der Waals surface area contributed by atoms with Crippen LogP contribution in [0.25, 0.3) is 0 Å². The van der Waals surface area contributed by atoms with Crippen LogP contribution in [0.5, 0.6) is 0 Å². The summed E-state index contributed by atoms with van der Waals surface area (Å²) >= 11 is 0. The minimum Gasteiger partial charge on any atom is -0.395 e. The quantitative estimate of drug-likeness (QED) is 0.736. The van der Waals surface area contributed by atoms with Gasteiger partial charge in [0.25, 0.3) is 0 Å². The highest BCUT2D eigenvalue weighted by Gasteiger charge is 2.30. The summed E-state index contributed by atoms with van der Waals surface area (Å²) in [6, 6.07) is 4.59. The van der Waals surface area contributed by atoms with Gasteiger partial charge in [-0.25, -0.2) is 0 Å². The first kappa shape index (κ1) is 14.0. The summed E-state index contributed by atoms with van der Waals surface area (Å²) in [6.07, 6.45) is -4.32. The van der Waals surface area contributed by atoms with Gasteiger partial charge < -0.3 is 16.2 Å². The molecule has 4 N–H and O–H groups in total. The Hall–Kier alpha value is -1.11. The smallest absolute Gasteiger partial charge is 0.395 e. The molecule has 0 bridgehead atoms. The van der Waals surface area contributed by atoms with Gasteiger partial charge in [-0.2, -0.15) is 13.2 Å². The highest BCUT2D eigenvalue weighted by atomic mass is 19.4. The molecule has 0 amide bonds. The average Bonchev–Trinajstić information content (AvgIpc) is 2.29. The molecular weight excluding hydrogens is 233 g/mol. The van der Waals surface area contributed by atoms with Crippen LogP contribution in [0.2, 0.25) is 0 Å². The van der Waals surface area contributed by atoms with E-state index in [0.717, 1.165) is 12.1 Å². The molecule has 1 atom stereocenters. The van der Waals surface area contributed by atoms with Gasteiger partial charge in [-0.3, -0.25) is 0 Å². The Bertz CT molecular complexity index is 338. The van der Waals surface area contributed by atoms with Gasteiger partial charge >= 0.3 is 6.18 Å². The van der Waals surface area contributed by atoms with Crippen molar-refractivity contribution in [2.45, 2.75) is 12.2 Å². The zero-order chi connectivity index (χ0) is 12.9. The van der Waals surface area contributed by atoms with Crippen molar-refractivity contribution in [3.8, 4) is 0 Å². The molecule has 0 fully saturated rings. The zero-order valence-corrected chi connectivity index (χ0v) is 9.17. The van der Waals surface area contributed by atoms with Crippen LogP contribution in [0, 0.1) is 0 Å². The number of alkyl halides is 3. The Labute approximate surface area is 97.4 Å². The van der Waals surface area contributed by atoms with Gasteiger partial charge in [-0.15, -0.1) is 0 Å². The molecule has 1 unspecified atom stereocenters. The van der Waals surface area contributed by atoms with E-state index in [9.17, 15) is 13.2 Å². The van der Waals surface area contributed by atoms with Crippen molar-refractivity contribution in [3.63, 3.8) is 0 Å². The van der Waals surface area contributed by atoms with Gasteiger partial charge in [0.1, 0.15) is 0 Å². The zero-order valence-electron chi connectivity index (χ0n) is 9.17. The molecule has 0 saturated carbocycles. The van der Waals surface area contributed by atoms with Crippen LogP contribution in [0.15, 0.2) is 24.3 Å². The molecule has 0 saturated heterocycles. The summed E-state index contributed by atoms with van der Waals surface area (Å²) in [4.78, 5) is 0. The van der Waals surface area contributed by atoms with Crippen molar-refractivity contribution >= 4 is 0 Å². The number of hydrogen-bond donors (Lipinski definition) is 3. The van der Waals surface area contributed by atoms with Gasteiger partial charge in [0, 0.05) is 19.1 Å². The highest BCUT2D eigenvalue weighted by Crippen LogP contribution is 2.29. The highest BCUT2D eigenvalue weighted by molar-refractivity contribution is 5.27. The van der Waals surface area contributed by atoms with Crippen LogP contribution < -0.4 is 11.1 Å². The number of nitrogens with one attached hydrogen (secondary N) is 1. The molecule has 0 aliphatic heterocycles. The predicted molar refractivity (Wildman–Crippen MR) is 58.3 cm³/mol. The third-order valence-electron chi connectivity index (χ3n) is 2.38. The second kappa shape index (κ2) is 6.00. The van der Waals surface area contributed by atoms with Crippen LogP contribution >= 0.6 is 0 Å². The fraction of sp³-hybridized carbons (Fsp3) is 0.455. The van der Waals surface area contributed by atoms with Crippen LogP contribution in [-0.2, 0) is 6.18 Å². The summed E-state index contributed by atoms with van der Waals surface area (Å²) in [5, 5.41) is 11.6. The fourth-order valence-corrected chi connectivity index (χ4v) is 1.48. The second-order valence-electron chi connectivity index (χ2n) is 3.59. The Morgan fingerprint density at radius 1 is 1.24 bits per heavy atom. The van der Waals surface area contributed by atoms with Crippen molar-refractivity contribution < 1.29 is 18.3 Å². The molecule has 1 rings (SSSR count). The molecule has 1 aromatic rings. The first-order valence-corrected chi connectivity index (χ1v) is 5.20. The lowest BCUT2D eigenvalue weighted by Gasteiger charge is -2.17.